The molecule has 3 N–H and O–H groups in total. The van der Waals surface area contributed by atoms with Crippen LogP contribution in [0.5, 0.6) is 11.6 Å². The van der Waals surface area contributed by atoms with Gasteiger partial charge in [-0.15, -0.1) is 0 Å². The van der Waals surface area contributed by atoms with Crippen molar-refractivity contribution in [3.63, 3.8) is 0 Å². The molecule has 2 heterocycles. The second-order valence-corrected chi connectivity index (χ2v) is 5.15. The SMILES string of the molecule is Cc1ncccc1Oc1ccc(NC(=O)c2ccc(N)cc2)cn1. The van der Waals surface area contributed by atoms with Gasteiger partial charge in [0.1, 0.15) is 0 Å². The first kappa shape index (κ1) is 15.5. The highest BCUT2D eigenvalue weighted by Crippen LogP contribution is 2.22. The zero-order valence-electron chi connectivity index (χ0n) is 13.1. The van der Waals surface area contributed by atoms with Crippen LogP contribution < -0.4 is 15.8 Å². The molecule has 0 spiro atoms. The molecule has 1 aromatic carbocycles. The number of nitrogens with two attached hydrogens (primary N) is 1. The van der Waals surface area contributed by atoms with E-state index in [9.17, 15) is 4.79 Å². The number of nitrogens with zero attached hydrogens (tertiary/aromatic N) is 2. The lowest BCUT2D eigenvalue weighted by atomic mass is 10.2. The van der Waals surface area contributed by atoms with Crippen LogP contribution in [0.15, 0.2) is 60.9 Å². The average molecular weight is 320 g/mol. The Kier molecular flexibility index (Phi) is 4.38. The van der Waals surface area contributed by atoms with Crippen LogP contribution in [0.4, 0.5) is 11.4 Å². The maximum atomic E-state index is 12.1. The number of nitrogens with one attached hydrogen (secondary N) is 1. The highest BCUT2D eigenvalue weighted by Gasteiger charge is 2.07. The Bertz CT molecular complexity index is 846. The number of carbonyl (C=O) groups excluding carboxylic acids is 1. The Morgan fingerprint density at radius 3 is 2.54 bits per heavy atom. The smallest absolute Gasteiger partial charge is 0.255 e. The van der Waals surface area contributed by atoms with Gasteiger partial charge in [-0.2, -0.15) is 0 Å². The number of carbonyl (C=O) groups is 1. The molecule has 120 valence electrons. The molecular formula is C18H16N4O2. The number of aryl methyl sites for hydroxylation is 1. The monoisotopic (exact) mass is 320 g/mol. The molecule has 0 unspecified atom stereocenters. The number of aromatic nitrogens is 2. The molecule has 0 aliphatic carbocycles. The van der Waals surface area contributed by atoms with Crippen molar-refractivity contribution in [1.82, 2.24) is 9.97 Å². The lowest BCUT2D eigenvalue weighted by Crippen LogP contribution is -2.12. The summed E-state index contributed by atoms with van der Waals surface area (Å²) in [4.78, 5) is 20.5. The van der Waals surface area contributed by atoms with Gasteiger partial charge in [0.05, 0.1) is 17.6 Å². The molecule has 0 aliphatic heterocycles. The van der Waals surface area contributed by atoms with Crippen LogP contribution >= 0.6 is 0 Å². The van der Waals surface area contributed by atoms with Crippen molar-refractivity contribution >= 4 is 17.3 Å². The van der Waals surface area contributed by atoms with E-state index in [1.54, 1.807) is 48.7 Å². The second kappa shape index (κ2) is 6.78. The molecule has 0 aliphatic rings. The first-order valence-electron chi connectivity index (χ1n) is 7.34. The Balaban J connectivity index is 1.67. The number of anilines is 2. The van der Waals surface area contributed by atoms with E-state index in [1.165, 1.54) is 6.20 Å². The van der Waals surface area contributed by atoms with Crippen molar-refractivity contribution in [2.75, 3.05) is 11.1 Å². The predicted molar refractivity (Wildman–Crippen MR) is 92.1 cm³/mol. The summed E-state index contributed by atoms with van der Waals surface area (Å²) >= 11 is 0. The number of benzene rings is 1. The van der Waals surface area contributed by atoms with Crippen LogP contribution in [-0.2, 0) is 0 Å². The Hall–Kier alpha value is -3.41. The van der Waals surface area contributed by atoms with E-state index in [2.05, 4.69) is 15.3 Å². The van der Waals surface area contributed by atoms with Gasteiger partial charge >= 0.3 is 0 Å². The van der Waals surface area contributed by atoms with Crippen LogP contribution in [0, 0.1) is 6.92 Å². The van der Waals surface area contributed by atoms with Crippen molar-refractivity contribution in [3.8, 4) is 11.6 Å². The molecule has 0 atom stereocenters. The zero-order valence-corrected chi connectivity index (χ0v) is 13.1. The number of amides is 1. The zero-order chi connectivity index (χ0) is 16.9. The van der Waals surface area contributed by atoms with Gasteiger partial charge in [-0.25, -0.2) is 4.98 Å². The fraction of sp³-hybridized carbons (Fsp3) is 0.0556. The third-order valence-corrected chi connectivity index (χ3v) is 3.34. The molecule has 3 aromatic rings. The van der Waals surface area contributed by atoms with E-state index < -0.39 is 0 Å². The Labute approximate surface area is 139 Å². The van der Waals surface area contributed by atoms with E-state index in [0.717, 1.165) is 5.69 Å². The normalized spacial score (nSPS) is 10.2. The van der Waals surface area contributed by atoms with Crippen molar-refractivity contribution in [2.45, 2.75) is 6.92 Å². The minimum absolute atomic E-state index is 0.228. The van der Waals surface area contributed by atoms with Crippen molar-refractivity contribution in [1.29, 1.82) is 0 Å². The number of ether oxygens (including phenoxy) is 1. The number of hydrogen-bond acceptors (Lipinski definition) is 5. The summed E-state index contributed by atoms with van der Waals surface area (Å²) in [5, 5.41) is 2.77. The highest BCUT2D eigenvalue weighted by molar-refractivity contribution is 6.04. The highest BCUT2D eigenvalue weighted by atomic mass is 16.5. The average Bonchev–Trinajstić information content (AvgIpc) is 2.59. The summed E-state index contributed by atoms with van der Waals surface area (Å²) in [5.41, 5.74) is 8.10. The van der Waals surface area contributed by atoms with Gasteiger partial charge in [0, 0.05) is 23.5 Å². The second-order valence-electron chi connectivity index (χ2n) is 5.15. The molecule has 1 amide bonds. The number of nitrogen functional groups attached to an aromatic ring is 1. The van der Waals surface area contributed by atoms with Crippen LogP contribution in [0.1, 0.15) is 16.1 Å². The maximum Gasteiger partial charge on any atom is 0.255 e. The molecule has 0 saturated carbocycles. The summed E-state index contributed by atoms with van der Waals surface area (Å²) in [6, 6.07) is 13.7. The lowest BCUT2D eigenvalue weighted by Gasteiger charge is -2.08. The molecular weight excluding hydrogens is 304 g/mol. The molecule has 3 rings (SSSR count). The van der Waals surface area contributed by atoms with E-state index in [1.807, 2.05) is 13.0 Å². The molecule has 6 heteroatoms. The minimum Gasteiger partial charge on any atom is -0.437 e. The van der Waals surface area contributed by atoms with Crippen LogP contribution in [0.3, 0.4) is 0 Å². The minimum atomic E-state index is -0.228. The number of rotatable bonds is 4. The summed E-state index contributed by atoms with van der Waals surface area (Å²) in [7, 11) is 0. The van der Waals surface area contributed by atoms with E-state index >= 15 is 0 Å². The maximum absolute atomic E-state index is 12.1. The standard InChI is InChI=1S/C18H16N4O2/c1-12-16(3-2-10-20-12)24-17-9-8-15(11-21-17)22-18(23)13-4-6-14(19)7-5-13/h2-11H,19H2,1H3,(H,22,23). The lowest BCUT2D eigenvalue weighted by molar-refractivity contribution is 0.102. The van der Waals surface area contributed by atoms with Gasteiger partial charge in [0.2, 0.25) is 5.88 Å². The Morgan fingerprint density at radius 2 is 1.88 bits per heavy atom. The molecule has 0 bridgehead atoms. The van der Waals surface area contributed by atoms with Crippen LogP contribution in [0.2, 0.25) is 0 Å². The van der Waals surface area contributed by atoms with Gasteiger partial charge < -0.3 is 15.8 Å². The molecule has 24 heavy (non-hydrogen) atoms. The quantitative estimate of drug-likeness (QED) is 0.719. The summed E-state index contributed by atoms with van der Waals surface area (Å²) in [6.45, 7) is 1.86. The molecule has 0 saturated heterocycles. The summed E-state index contributed by atoms with van der Waals surface area (Å²) in [6.07, 6.45) is 3.24. The summed E-state index contributed by atoms with van der Waals surface area (Å²) < 4.78 is 5.67. The molecule has 2 aromatic heterocycles. The predicted octanol–water partition coefficient (Wildman–Crippen LogP) is 3.41. The van der Waals surface area contributed by atoms with E-state index in [0.29, 0.717) is 28.6 Å². The van der Waals surface area contributed by atoms with Gasteiger partial charge in [0.15, 0.2) is 5.75 Å². The van der Waals surface area contributed by atoms with Crippen LogP contribution in [-0.4, -0.2) is 15.9 Å². The van der Waals surface area contributed by atoms with Crippen LogP contribution in [0.25, 0.3) is 0 Å². The number of hydrogen-bond donors (Lipinski definition) is 2. The summed E-state index contributed by atoms with van der Waals surface area (Å²) in [5.74, 6) is 0.841. The topological polar surface area (TPSA) is 90.1 Å². The van der Waals surface area contributed by atoms with E-state index in [4.69, 9.17) is 10.5 Å². The van der Waals surface area contributed by atoms with E-state index in [-0.39, 0.29) is 5.91 Å². The molecule has 6 nitrogen and oxygen atoms in total. The van der Waals surface area contributed by atoms with Crippen molar-refractivity contribution < 1.29 is 9.53 Å². The first-order valence-corrected chi connectivity index (χ1v) is 7.34. The Morgan fingerprint density at radius 1 is 1.08 bits per heavy atom. The third kappa shape index (κ3) is 3.67. The largest absolute Gasteiger partial charge is 0.437 e. The van der Waals surface area contributed by atoms with Gasteiger partial charge in [-0.05, 0) is 49.4 Å². The number of pyridine rings is 2. The first-order chi connectivity index (χ1) is 11.6. The molecule has 0 fully saturated rings. The third-order valence-electron chi connectivity index (χ3n) is 3.34. The fourth-order valence-corrected chi connectivity index (χ4v) is 2.04. The van der Waals surface area contributed by atoms with Crippen molar-refractivity contribution in [2.24, 2.45) is 0 Å². The van der Waals surface area contributed by atoms with Gasteiger partial charge in [-0.3, -0.25) is 9.78 Å². The fourth-order valence-electron chi connectivity index (χ4n) is 2.04. The van der Waals surface area contributed by atoms with Gasteiger partial charge in [0.25, 0.3) is 5.91 Å². The van der Waals surface area contributed by atoms with Gasteiger partial charge in [-0.1, -0.05) is 0 Å². The van der Waals surface area contributed by atoms with Crippen molar-refractivity contribution in [3.05, 3.63) is 72.2 Å². The molecule has 0 radical (unpaired) electrons.